The largest absolute Gasteiger partial charge is 0.378 e. The van der Waals surface area contributed by atoms with Crippen LogP contribution in [-0.2, 0) is 4.74 Å². The van der Waals surface area contributed by atoms with Crippen molar-refractivity contribution in [1.29, 1.82) is 0 Å². The van der Waals surface area contributed by atoms with E-state index in [1.807, 2.05) is 24.0 Å². The number of fused-ring (bicyclic) bond motifs is 1. The van der Waals surface area contributed by atoms with Crippen molar-refractivity contribution in [2.24, 2.45) is 4.99 Å². The molecule has 0 bridgehead atoms. The molecule has 2 saturated heterocycles. The van der Waals surface area contributed by atoms with E-state index in [1.54, 1.807) is 0 Å². The minimum absolute atomic E-state index is 0.0594. The molecule has 3 atom stereocenters. The van der Waals surface area contributed by atoms with E-state index in [1.165, 1.54) is 22.0 Å². The number of hydrogen-bond acceptors (Lipinski definition) is 6. The number of thioether (sulfide) groups is 1. The zero-order valence-electron chi connectivity index (χ0n) is 16.4. The molecule has 4 heterocycles. The van der Waals surface area contributed by atoms with Gasteiger partial charge in [0.15, 0.2) is 5.17 Å². The number of anilines is 1. The molecular weight excluding hydrogens is 368 g/mol. The Morgan fingerprint density at radius 2 is 2.00 bits per heavy atom. The summed E-state index contributed by atoms with van der Waals surface area (Å²) in [4.78, 5) is 14.6. The summed E-state index contributed by atoms with van der Waals surface area (Å²) in [6, 6.07) is 13.3. The Kier molecular flexibility index (Phi) is 4.77. The summed E-state index contributed by atoms with van der Waals surface area (Å²) in [6.07, 6.45) is 1.88. The number of aryl methyl sites for hydroxylation is 1. The van der Waals surface area contributed by atoms with Crippen molar-refractivity contribution in [2.45, 2.75) is 31.2 Å². The van der Waals surface area contributed by atoms with Crippen LogP contribution >= 0.6 is 11.8 Å². The summed E-state index contributed by atoms with van der Waals surface area (Å²) in [5, 5.41) is 1.75. The van der Waals surface area contributed by atoms with Crippen LogP contribution in [0.5, 0.6) is 0 Å². The van der Waals surface area contributed by atoms with Gasteiger partial charge in [0.2, 0.25) is 0 Å². The van der Waals surface area contributed by atoms with Crippen LogP contribution in [0.3, 0.4) is 0 Å². The third kappa shape index (κ3) is 3.18. The van der Waals surface area contributed by atoms with E-state index < -0.39 is 0 Å². The lowest BCUT2D eigenvalue weighted by Crippen LogP contribution is -2.36. The summed E-state index contributed by atoms with van der Waals surface area (Å²) in [5.74, 6) is 0. The van der Waals surface area contributed by atoms with Crippen LogP contribution in [-0.4, -0.2) is 53.1 Å². The van der Waals surface area contributed by atoms with Gasteiger partial charge in [-0.1, -0.05) is 30.8 Å². The Balaban J connectivity index is 1.50. The number of aromatic nitrogens is 1. The fraction of sp³-hybridized carbons (Fsp3) is 0.455. The zero-order chi connectivity index (χ0) is 19.1. The molecule has 2 aromatic rings. The van der Waals surface area contributed by atoms with Crippen molar-refractivity contribution in [3.05, 3.63) is 59.4 Å². The third-order valence-electron chi connectivity index (χ3n) is 5.83. The second-order valence-electron chi connectivity index (χ2n) is 7.78. The minimum atomic E-state index is 0.0594. The van der Waals surface area contributed by atoms with Gasteiger partial charge in [-0.2, -0.15) is 0 Å². The molecule has 0 amide bonds. The Morgan fingerprint density at radius 3 is 2.75 bits per heavy atom. The number of pyridine rings is 1. The molecule has 2 fully saturated rings. The first kappa shape index (κ1) is 18.0. The van der Waals surface area contributed by atoms with Gasteiger partial charge in [-0.05, 0) is 42.3 Å². The molecule has 0 N–H and O–H groups in total. The number of benzene rings is 1. The molecule has 28 heavy (non-hydrogen) atoms. The summed E-state index contributed by atoms with van der Waals surface area (Å²) in [5.41, 5.74) is 5.04. The van der Waals surface area contributed by atoms with Gasteiger partial charge in [0.1, 0.15) is 6.04 Å². The molecule has 3 aliphatic rings. The van der Waals surface area contributed by atoms with Crippen molar-refractivity contribution in [3.8, 4) is 0 Å². The Morgan fingerprint density at radius 1 is 1.14 bits per heavy atom. The van der Waals surface area contributed by atoms with E-state index in [2.05, 4.69) is 59.0 Å². The van der Waals surface area contributed by atoms with Gasteiger partial charge in [0.05, 0.1) is 24.9 Å². The van der Waals surface area contributed by atoms with E-state index in [-0.39, 0.29) is 12.1 Å². The van der Waals surface area contributed by atoms with E-state index in [0.717, 1.165) is 38.5 Å². The van der Waals surface area contributed by atoms with E-state index in [0.29, 0.717) is 5.25 Å². The minimum Gasteiger partial charge on any atom is -0.378 e. The molecule has 0 radical (unpaired) electrons. The summed E-state index contributed by atoms with van der Waals surface area (Å²) < 4.78 is 5.50. The molecule has 146 valence electrons. The second-order valence-corrected chi connectivity index (χ2v) is 9.18. The molecule has 6 heteroatoms. The van der Waals surface area contributed by atoms with Gasteiger partial charge in [0.25, 0.3) is 0 Å². The number of morpholine rings is 1. The molecule has 1 aromatic heterocycles. The van der Waals surface area contributed by atoms with Crippen LogP contribution in [0.25, 0.3) is 0 Å². The van der Waals surface area contributed by atoms with Gasteiger partial charge >= 0.3 is 0 Å². The number of rotatable bonds is 3. The van der Waals surface area contributed by atoms with E-state index in [9.17, 15) is 0 Å². The first-order valence-corrected chi connectivity index (χ1v) is 10.9. The smallest absolute Gasteiger partial charge is 0.160 e. The Hall–Kier alpha value is -2.05. The van der Waals surface area contributed by atoms with Crippen LogP contribution < -0.4 is 4.90 Å². The number of nitrogens with zero attached hydrogens (tertiary/aromatic N) is 4. The first-order chi connectivity index (χ1) is 13.7. The number of aliphatic imine (C=N–C) groups is 1. The average molecular weight is 395 g/mol. The van der Waals surface area contributed by atoms with Gasteiger partial charge < -0.3 is 14.5 Å². The maximum Gasteiger partial charge on any atom is 0.160 e. The molecule has 5 nitrogen and oxygen atoms in total. The van der Waals surface area contributed by atoms with Crippen LogP contribution in [0.15, 0.2) is 47.6 Å². The number of hydrogen-bond donors (Lipinski definition) is 0. The number of ether oxygens (including phenoxy) is 1. The van der Waals surface area contributed by atoms with Crippen molar-refractivity contribution in [2.75, 3.05) is 37.7 Å². The van der Waals surface area contributed by atoms with Crippen LogP contribution in [0.2, 0.25) is 0 Å². The topological polar surface area (TPSA) is 41.0 Å². The molecule has 5 rings (SSSR count). The summed E-state index contributed by atoms with van der Waals surface area (Å²) in [7, 11) is 0. The highest BCUT2D eigenvalue weighted by atomic mass is 32.2. The molecule has 1 aromatic carbocycles. The Bertz CT molecular complexity index is 881. The SMILES string of the molecule is Cc1cc(N2CCOCC2)ccc1[C@@H]1[C@@H](c2ccccn2)N=C2S[C@H](C)CN21. The quantitative estimate of drug-likeness (QED) is 0.792. The summed E-state index contributed by atoms with van der Waals surface area (Å²) in [6.45, 7) is 9.11. The number of amidine groups is 1. The highest BCUT2D eigenvalue weighted by Crippen LogP contribution is 2.48. The summed E-state index contributed by atoms with van der Waals surface area (Å²) >= 11 is 1.89. The fourth-order valence-electron chi connectivity index (χ4n) is 4.46. The first-order valence-electron chi connectivity index (χ1n) is 10.1. The lowest BCUT2D eigenvalue weighted by Gasteiger charge is -2.31. The highest BCUT2D eigenvalue weighted by Gasteiger charge is 2.44. The molecule has 0 unspecified atom stereocenters. The van der Waals surface area contributed by atoms with Gasteiger partial charge in [-0.15, -0.1) is 0 Å². The second kappa shape index (κ2) is 7.41. The zero-order valence-corrected chi connectivity index (χ0v) is 17.2. The molecule has 0 saturated carbocycles. The molecule has 0 aliphatic carbocycles. The van der Waals surface area contributed by atoms with E-state index >= 15 is 0 Å². The predicted molar refractivity (Wildman–Crippen MR) is 115 cm³/mol. The van der Waals surface area contributed by atoms with Crippen LogP contribution in [0, 0.1) is 6.92 Å². The fourth-order valence-corrected chi connectivity index (χ4v) is 5.56. The normalized spacial score (nSPS) is 27.1. The molecule has 3 aliphatic heterocycles. The van der Waals surface area contributed by atoms with E-state index in [4.69, 9.17) is 9.73 Å². The third-order valence-corrected chi connectivity index (χ3v) is 6.93. The molecular formula is C22H26N4OS. The average Bonchev–Trinajstić information content (AvgIpc) is 3.25. The monoisotopic (exact) mass is 394 g/mol. The van der Waals surface area contributed by atoms with Crippen molar-refractivity contribution in [1.82, 2.24) is 9.88 Å². The van der Waals surface area contributed by atoms with Gasteiger partial charge in [-0.3, -0.25) is 9.98 Å². The van der Waals surface area contributed by atoms with Crippen molar-refractivity contribution in [3.63, 3.8) is 0 Å². The Labute approximate surface area is 170 Å². The maximum atomic E-state index is 5.50. The van der Waals surface area contributed by atoms with Gasteiger partial charge in [0, 0.05) is 36.8 Å². The predicted octanol–water partition coefficient (Wildman–Crippen LogP) is 3.82. The van der Waals surface area contributed by atoms with Crippen LogP contribution in [0.4, 0.5) is 5.69 Å². The van der Waals surface area contributed by atoms with Crippen LogP contribution in [0.1, 0.15) is 35.8 Å². The standard InChI is InChI=1S/C22H26N4OS/c1-15-13-17(25-9-11-27-12-10-25)6-7-18(15)21-20(19-5-3-4-8-23-19)24-22-26(21)14-16(2)28-22/h3-8,13,16,20-21H,9-12,14H2,1-2H3/t16-,20-,21-/m1/s1. The highest BCUT2D eigenvalue weighted by molar-refractivity contribution is 8.14. The lowest BCUT2D eigenvalue weighted by molar-refractivity contribution is 0.122. The maximum absolute atomic E-state index is 5.50. The van der Waals surface area contributed by atoms with Crippen molar-refractivity contribution < 1.29 is 4.74 Å². The molecule has 0 spiro atoms. The van der Waals surface area contributed by atoms with Gasteiger partial charge in [-0.25, -0.2) is 0 Å². The lowest BCUT2D eigenvalue weighted by atomic mass is 9.92. The van der Waals surface area contributed by atoms with Crippen molar-refractivity contribution >= 4 is 22.6 Å².